The van der Waals surface area contributed by atoms with Crippen molar-refractivity contribution in [2.75, 3.05) is 13.7 Å². The highest BCUT2D eigenvalue weighted by Crippen LogP contribution is 1.87. The fourth-order valence-corrected chi connectivity index (χ4v) is 0.478. The Morgan fingerprint density at radius 3 is 2.77 bits per heavy atom. The van der Waals surface area contributed by atoms with Crippen LogP contribution in [-0.2, 0) is 14.3 Å². The molecule has 0 atom stereocenters. The second kappa shape index (κ2) is 5.62. The molecule has 0 aliphatic rings. The standard InChI is InChI=1S/C6H8N4O3/c1-4(6(12)13-2)9-5(11)3-8-10-7/h1,3H2,2H3,(H,9,11). The van der Waals surface area contributed by atoms with Crippen LogP contribution in [0.1, 0.15) is 0 Å². The molecule has 0 bridgehead atoms. The summed E-state index contributed by atoms with van der Waals surface area (Å²) in [5, 5.41) is 5.08. The third-order valence-corrected chi connectivity index (χ3v) is 1.000. The zero-order valence-corrected chi connectivity index (χ0v) is 6.98. The molecule has 0 saturated heterocycles. The quantitative estimate of drug-likeness (QED) is 0.220. The van der Waals surface area contributed by atoms with Gasteiger partial charge in [-0.25, -0.2) is 4.79 Å². The van der Waals surface area contributed by atoms with E-state index in [4.69, 9.17) is 5.53 Å². The Kier molecular flexibility index (Phi) is 4.75. The first-order valence-corrected chi connectivity index (χ1v) is 3.19. The molecule has 0 aromatic carbocycles. The van der Waals surface area contributed by atoms with Gasteiger partial charge in [0.05, 0.1) is 7.11 Å². The number of methoxy groups -OCH3 is 1. The van der Waals surface area contributed by atoms with Crippen molar-refractivity contribution in [3.05, 3.63) is 22.7 Å². The Bertz CT molecular complexity index is 280. The molecule has 7 heteroatoms. The van der Waals surface area contributed by atoms with Gasteiger partial charge in [0.1, 0.15) is 12.2 Å². The minimum Gasteiger partial charge on any atom is -0.464 e. The van der Waals surface area contributed by atoms with Crippen molar-refractivity contribution in [1.82, 2.24) is 5.32 Å². The van der Waals surface area contributed by atoms with Crippen molar-refractivity contribution in [1.29, 1.82) is 0 Å². The highest BCUT2D eigenvalue weighted by Gasteiger charge is 2.08. The number of esters is 1. The van der Waals surface area contributed by atoms with E-state index in [0.717, 1.165) is 7.11 Å². The van der Waals surface area contributed by atoms with E-state index in [1.807, 2.05) is 0 Å². The molecule has 70 valence electrons. The summed E-state index contributed by atoms with van der Waals surface area (Å²) in [6, 6.07) is 0. The minimum atomic E-state index is -0.741. The number of nitrogens with one attached hydrogen (secondary N) is 1. The van der Waals surface area contributed by atoms with Gasteiger partial charge < -0.3 is 10.1 Å². The summed E-state index contributed by atoms with van der Waals surface area (Å²) in [4.78, 5) is 23.8. The third kappa shape index (κ3) is 4.44. The smallest absolute Gasteiger partial charge is 0.353 e. The van der Waals surface area contributed by atoms with Crippen molar-refractivity contribution in [2.45, 2.75) is 0 Å². The molecule has 0 spiro atoms. The van der Waals surface area contributed by atoms with Crippen LogP contribution in [0.2, 0.25) is 0 Å². The Hall–Kier alpha value is -2.01. The molecule has 0 aliphatic carbocycles. The topological polar surface area (TPSA) is 104 Å². The van der Waals surface area contributed by atoms with Crippen LogP contribution in [0.25, 0.3) is 10.4 Å². The van der Waals surface area contributed by atoms with Gasteiger partial charge in [0.15, 0.2) is 0 Å². The van der Waals surface area contributed by atoms with Gasteiger partial charge in [-0.2, -0.15) is 0 Å². The average Bonchev–Trinajstić information content (AvgIpc) is 2.13. The Morgan fingerprint density at radius 2 is 2.31 bits per heavy atom. The normalized spacial score (nSPS) is 8.08. The molecule has 0 fully saturated rings. The lowest BCUT2D eigenvalue weighted by Crippen LogP contribution is -2.28. The number of nitrogens with zero attached hydrogens (tertiary/aromatic N) is 3. The van der Waals surface area contributed by atoms with Gasteiger partial charge in [0.25, 0.3) is 0 Å². The van der Waals surface area contributed by atoms with Gasteiger partial charge in [0, 0.05) is 4.91 Å². The van der Waals surface area contributed by atoms with E-state index >= 15 is 0 Å². The van der Waals surface area contributed by atoms with Gasteiger partial charge in [0.2, 0.25) is 5.91 Å². The number of hydrogen-bond acceptors (Lipinski definition) is 4. The number of carbonyl (C=O) groups is 2. The number of ether oxygens (including phenoxy) is 1. The number of amides is 1. The largest absolute Gasteiger partial charge is 0.464 e. The van der Waals surface area contributed by atoms with Gasteiger partial charge in [-0.05, 0) is 5.53 Å². The summed E-state index contributed by atoms with van der Waals surface area (Å²) in [5.74, 6) is -1.36. The average molecular weight is 184 g/mol. The zero-order valence-electron chi connectivity index (χ0n) is 6.98. The molecule has 0 unspecified atom stereocenters. The van der Waals surface area contributed by atoms with E-state index in [9.17, 15) is 9.59 Å². The van der Waals surface area contributed by atoms with Crippen LogP contribution in [0.3, 0.4) is 0 Å². The van der Waals surface area contributed by atoms with Gasteiger partial charge in [-0.1, -0.05) is 11.7 Å². The summed E-state index contributed by atoms with van der Waals surface area (Å²) >= 11 is 0. The van der Waals surface area contributed by atoms with Crippen molar-refractivity contribution in [3.63, 3.8) is 0 Å². The van der Waals surface area contributed by atoms with Crippen LogP contribution in [0.15, 0.2) is 17.4 Å². The Morgan fingerprint density at radius 1 is 1.69 bits per heavy atom. The van der Waals surface area contributed by atoms with E-state index in [1.54, 1.807) is 0 Å². The maximum atomic E-state index is 10.8. The van der Waals surface area contributed by atoms with Crippen molar-refractivity contribution in [3.8, 4) is 0 Å². The summed E-state index contributed by atoms with van der Waals surface area (Å²) < 4.78 is 4.26. The number of hydrogen-bond donors (Lipinski definition) is 1. The van der Waals surface area contributed by atoms with Gasteiger partial charge in [-0.3, -0.25) is 4.79 Å². The SMILES string of the molecule is C=C(NC(=O)CN=[N+]=[N-])C(=O)OC. The van der Waals surface area contributed by atoms with Crippen LogP contribution in [0.4, 0.5) is 0 Å². The summed E-state index contributed by atoms with van der Waals surface area (Å²) in [6.45, 7) is 2.85. The maximum Gasteiger partial charge on any atom is 0.353 e. The molecule has 1 N–H and O–H groups in total. The van der Waals surface area contributed by atoms with Crippen LogP contribution in [-0.4, -0.2) is 25.5 Å². The maximum absolute atomic E-state index is 10.8. The molecule has 0 radical (unpaired) electrons. The van der Waals surface area contributed by atoms with E-state index in [1.165, 1.54) is 0 Å². The van der Waals surface area contributed by atoms with Gasteiger partial charge >= 0.3 is 5.97 Å². The molecule has 0 saturated carbocycles. The fraction of sp³-hybridized carbons (Fsp3) is 0.333. The van der Waals surface area contributed by atoms with E-state index in [2.05, 4.69) is 26.7 Å². The third-order valence-electron chi connectivity index (χ3n) is 1.000. The van der Waals surface area contributed by atoms with E-state index in [-0.39, 0.29) is 12.2 Å². The summed E-state index contributed by atoms with van der Waals surface area (Å²) in [6.07, 6.45) is 0. The molecule has 13 heavy (non-hydrogen) atoms. The first kappa shape index (κ1) is 11.0. The second-order valence-electron chi connectivity index (χ2n) is 1.91. The molecular formula is C6H8N4O3. The molecule has 7 nitrogen and oxygen atoms in total. The molecule has 0 heterocycles. The lowest BCUT2D eigenvalue weighted by atomic mass is 10.4. The van der Waals surface area contributed by atoms with Gasteiger partial charge in [-0.15, -0.1) is 0 Å². The summed E-state index contributed by atoms with van der Waals surface area (Å²) in [5.41, 5.74) is 7.68. The predicted octanol–water partition coefficient (Wildman–Crippen LogP) is 0.0996. The molecular weight excluding hydrogens is 176 g/mol. The molecule has 0 aromatic rings. The van der Waals surface area contributed by atoms with Crippen LogP contribution in [0.5, 0.6) is 0 Å². The monoisotopic (exact) mass is 184 g/mol. The van der Waals surface area contributed by atoms with Crippen molar-refractivity contribution in [2.24, 2.45) is 5.11 Å². The van der Waals surface area contributed by atoms with Crippen molar-refractivity contribution >= 4 is 11.9 Å². The van der Waals surface area contributed by atoms with Crippen LogP contribution in [0, 0.1) is 0 Å². The molecule has 0 aliphatic heterocycles. The highest BCUT2D eigenvalue weighted by molar-refractivity contribution is 5.93. The second-order valence-corrected chi connectivity index (χ2v) is 1.91. The minimum absolute atomic E-state index is 0.194. The first-order chi connectivity index (χ1) is 6.11. The summed E-state index contributed by atoms with van der Waals surface area (Å²) in [7, 11) is 1.16. The van der Waals surface area contributed by atoms with E-state index in [0.29, 0.717) is 0 Å². The zero-order chi connectivity index (χ0) is 10.3. The lowest BCUT2D eigenvalue weighted by molar-refractivity contribution is -0.137. The first-order valence-electron chi connectivity index (χ1n) is 3.19. The lowest BCUT2D eigenvalue weighted by Gasteiger charge is -2.03. The van der Waals surface area contributed by atoms with E-state index < -0.39 is 11.9 Å². The number of azide groups is 1. The molecule has 1 amide bonds. The fourth-order valence-electron chi connectivity index (χ4n) is 0.478. The molecule has 0 rings (SSSR count). The number of rotatable bonds is 4. The van der Waals surface area contributed by atoms with Crippen molar-refractivity contribution < 1.29 is 14.3 Å². The van der Waals surface area contributed by atoms with Crippen LogP contribution >= 0.6 is 0 Å². The molecule has 0 aromatic heterocycles. The Balaban J connectivity index is 3.99. The highest BCUT2D eigenvalue weighted by atomic mass is 16.5. The Labute approximate surface area is 74.0 Å². The number of carbonyl (C=O) groups excluding carboxylic acids is 2. The van der Waals surface area contributed by atoms with Crippen LogP contribution < -0.4 is 5.32 Å². The predicted molar refractivity (Wildman–Crippen MR) is 43.3 cm³/mol.